The molecule has 0 bridgehead atoms. The van der Waals surface area contributed by atoms with Crippen LogP contribution in [0.1, 0.15) is 44.6 Å². The lowest BCUT2D eigenvalue weighted by Crippen LogP contribution is -2.54. The summed E-state index contributed by atoms with van der Waals surface area (Å²) in [4.78, 5) is 23.3. The van der Waals surface area contributed by atoms with Crippen LogP contribution >= 0.6 is 0 Å². The fraction of sp³-hybridized carbons (Fsp3) is 0.556. The van der Waals surface area contributed by atoms with Gasteiger partial charge in [0, 0.05) is 13.2 Å². The molecule has 1 aromatic rings. The summed E-state index contributed by atoms with van der Waals surface area (Å²) in [5.41, 5.74) is 0.459. The summed E-state index contributed by atoms with van der Waals surface area (Å²) in [6, 6.07) is 7.62. The standard InChI is InChI=1S/C18H25NO5/c1-13(2)14-3-5-15(6-4-14)24-12-16(20)19-18(11-17(21)22)7-9-23-10-8-18/h3-6,13H,7-12H2,1-2H3,(H,19,20)(H,21,22). The molecule has 0 aromatic heterocycles. The molecule has 1 aliphatic heterocycles. The van der Waals surface area contributed by atoms with Crippen LogP contribution in [0.25, 0.3) is 0 Å². The average molecular weight is 335 g/mol. The zero-order valence-electron chi connectivity index (χ0n) is 14.2. The van der Waals surface area contributed by atoms with Crippen LogP contribution in [0.5, 0.6) is 5.75 Å². The summed E-state index contributed by atoms with van der Waals surface area (Å²) < 4.78 is 10.8. The maximum Gasteiger partial charge on any atom is 0.305 e. The van der Waals surface area contributed by atoms with E-state index in [0.29, 0.717) is 37.7 Å². The fourth-order valence-corrected chi connectivity index (χ4v) is 2.83. The largest absolute Gasteiger partial charge is 0.484 e. The minimum Gasteiger partial charge on any atom is -0.484 e. The van der Waals surface area contributed by atoms with E-state index in [4.69, 9.17) is 14.6 Å². The van der Waals surface area contributed by atoms with Gasteiger partial charge in [-0.2, -0.15) is 0 Å². The van der Waals surface area contributed by atoms with Crippen molar-refractivity contribution in [1.29, 1.82) is 0 Å². The van der Waals surface area contributed by atoms with Crippen molar-refractivity contribution in [3.05, 3.63) is 29.8 Å². The van der Waals surface area contributed by atoms with Crippen molar-refractivity contribution >= 4 is 11.9 Å². The van der Waals surface area contributed by atoms with Gasteiger partial charge in [-0.05, 0) is 36.5 Å². The molecule has 2 rings (SSSR count). The third-order valence-electron chi connectivity index (χ3n) is 4.26. The van der Waals surface area contributed by atoms with Crippen molar-refractivity contribution < 1.29 is 24.2 Å². The molecule has 6 nitrogen and oxygen atoms in total. The summed E-state index contributed by atoms with van der Waals surface area (Å²) in [6.45, 7) is 4.98. The topological polar surface area (TPSA) is 84.9 Å². The number of carboxylic acid groups (broad SMARTS) is 1. The highest BCUT2D eigenvalue weighted by Crippen LogP contribution is 2.25. The molecular weight excluding hydrogens is 310 g/mol. The predicted molar refractivity (Wildman–Crippen MR) is 89.2 cm³/mol. The number of benzene rings is 1. The van der Waals surface area contributed by atoms with Crippen LogP contribution in [-0.2, 0) is 14.3 Å². The first-order valence-corrected chi connectivity index (χ1v) is 8.23. The average Bonchev–Trinajstić information content (AvgIpc) is 2.53. The first-order chi connectivity index (χ1) is 11.4. The minimum absolute atomic E-state index is 0.106. The van der Waals surface area contributed by atoms with Gasteiger partial charge in [0.15, 0.2) is 6.61 Å². The highest BCUT2D eigenvalue weighted by atomic mass is 16.5. The molecule has 0 radical (unpaired) electrons. The lowest BCUT2D eigenvalue weighted by molar-refractivity contribution is -0.140. The van der Waals surface area contributed by atoms with E-state index in [9.17, 15) is 9.59 Å². The van der Waals surface area contributed by atoms with Crippen LogP contribution in [0.3, 0.4) is 0 Å². The Kier molecular flexibility index (Phi) is 6.20. The van der Waals surface area contributed by atoms with Crippen LogP contribution in [0.15, 0.2) is 24.3 Å². The maximum absolute atomic E-state index is 12.2. The van der Waals surface area contributed by atoms with Gasteiger partial charge in [-0.25, -0.2) is 0 Å². The number of amides is 1. The molecule has 1 amide bonds. The SMILES string of the molecule is CC(C)c1ccc(OCC(=O)NC2(CC(=O)O)CCOCC2)cc1. The van der Waals surface area contributed by atoms with Crippen molar-refractivity contribution in [3.8, 4) is 5.75 Å². The summed E-state index contributed by atoms with van der Waals surface area (Å²) in [7, 11) is 0. The molecule has 24 heavy (non-hydrogen) atoms. The highest BCUT2D eigenvalue weighted by molar-refractivity contribution is 5.79. The van der Waals surface area contributed by atoms with Gasteiger partial charge in [-0.3, -0.25) is 9.59 Å². The summed E-state index contributed by atoms with van der Waals surface area (Å²) in [5.74, 6) is -0.186. The number of carbonyl (C=O) groups excluding carboxylic acids is 1. The van der Waals surface area contributed by atoms with E-state index in [2.05, 4.69) is 19.2 Å². The van der Waals surface area contributed by atoms with E-state index in [0.717, 1.165) is 0 Å². The van der Waals surface area contributed by atoms with Gasteiger partial charge in [0.1, 0.15) is 5.75 Å². The molecule has 0 spiro atoms. The number of hydrogen-bond acceptors (Lipinski definition) is 4. The Morgan fingerprint density at radius 2 is 1.88 bits per heavy atom. The van der Waals surface area contributed by atoms with Gasteiger partial charge in [-0.15, -0.1) is 0 Å². The van der Waals surface area contributed by atoms with Crippen LogP contribution in [-0.4, -0.2) is 42.3 Å². The monoisotopic (exact) mass is 335 g/mol. The number of rotatable bonds is 7. The van der Waals surface area contributed by atoms with Crippen molar-refractivity contribution in [2.75, 3.05) is 19.8 Å². The number of carboxylic acids is 1. The van der Waals surface area contributed by atoms with Gasteiger partial charge in [0.25, 0.3) is 5.91 Å². The molecule has 1 aliphatic rings. The van der Waals surface area contributed by atoms with E-state index in [-0.39, 0.29) is 18.9 Å². The van der Waals surface area contributed by atoms with E-state index in [1.807, 2.05) is 24.3 Å². The van der Waals surface area contributed by atoms with Gasteiger partial charge in [-0.1, -0.05) is 26.0 Å². The molecule has 0 atom stereocenters. The van der Waals surface area contributed by atoms with Gasteiger partial charge >= 0.3 is 5.97 Å². The van der Waals surface area contributed by atoms with Crippen LogP contribution in [0.4, 0.5) is 0 Å². The predicted octanol–water partition coefficient (Wildman–Crippen LogP) is 2.33. The van der Waals surface area contributed by atoms with Crippen LogP contribution < -0.4 is 10.1 Å². The number of aliphatic carboxylic acids is 1. The van der Waals surface area contributed by atoms with Gasteiger partial charge in [0.05, 0.1) is 12.0 Å². The quantitative estimate of drug-likeness (QED) is 0.799. The second kappa shape index (κ2) is 8.15. The molecule has 0 unspecified atom stereocenters. The first-order valence-electron chi connectivity index (χ1n) is 8.23. The number of carbonyl (C=O) groups is 2. The van der Waals surface area contributed by atoms with E-state index >= 15 is 0 Å². The lowest BCUT2D eigenvalue weighted by Gasteiger charge is -2.36. The van der Waals surface area contributed by atoms with Crippen LogP contribution in [0.2, 0.25) is 0 Å². The Labute approximate surface area is 142 Å². The zero-order valence-corrected chi connectivity index (χ0v) is 14.2. The Morgan fingerprint density at radius 1 is 1.25 bits per heavy atom. The van der Waals surface area contributed by atoms with Crippen molar-refractivity contribution in [1.82, 2.24) is 5.32 Å². The normalized spacial score (nSPS) is 16.6. The molecule has 0 aliphatic carbocycles. The minimum atomic E-state index is -0.928. The molecule has 0 saturated carbocycles. The zero-order chi connectivity index (χ0) is 17.6. The Balaban J connectivity index is 1.89. The van der Waals surface area contributed by atoms with E-state index in [1.165, 1.54) is 5.56 Å². The maximum atomic E-state index is 12.2. The molecule has 1 heterocycles. The Morgan fingerprint density at radius 3 is 2.42 bits per heavy atom. The second-order valence-corrected chi connectivity index (χ2v) is 6.52. The van der Waals surface area contributed by atoms with Crippen molar-refractivity contribution in [2.45, 2.75) is 44.6 Å². The van der Waals surface area contributed by atoms with Crippen molar-refractivity contribution in [2.24, 2.45) is 0 Å². The summed E-state index contributed by atoms with van der Waals surface area (Å²) in [6.07, 6.45) is 0.882. The van der Waals surface area contributed by atoms with Crippen molar-refractivity contribution in [3.63, 3.8) is 0 Å². The third kappa shape index (κ3) is 5.23. The molecule has 2 N–H and O–H groups in total. The van der Waals surface area contributed by atoms with Gasteiger partial charge in [0.2, 0.25) is 0 Å². The molecule has 6 heteroatoms. The number of ether oxygens (including phenoxy) is 2. The highest BCUT2D eigenvalue weighted by Gasteiger charge is 2.36. The van der Waals surface area contributed by atoms with E-state index in [1.54, 1.807) is 0 Å². The van der Waals surface area contributed by atoms with Gasteiger partial charge < -0.3 is 19.9 Å². The molecular formula is C18H25NO5. The lowest BCUT2D eigenvalue weighted by atomic mass is 9.86. The number of hydrogen-bond donors (Lipinski definition) is 2. The third-order valence-corrected chi connectivity index (χ3v) is 4.26. The summed E-state index contributed by atoms with van der Waals surface area (Å²) in [5, 5.41) is 11.9. The summed E-state index contributed by atoms with van der Waals surface area (Å²) >= 11 is 0. The first kappa shape index (κ1) is 18.3. The molecule has 132 valence electrons. The van der Waals surface area contributed by atoms with E-state index < -0.39 is 11.5 Å². The Hall–Kier alpha value is -2.08. The Bertz CT molecular complexity index is 561. The van der Waals surface area contributed by atoms with Crippen LogP contribution in [0, 0.1) is 0 Å². The molecule has 1 fully saturated rings. The second-order valence-electron chi connectivity index (χ2n) is 6.52. The molecule has 1 aromatic carbocycles. The molecule has 1 saturated heterocycles. The number of nitrogens with one attached hydrogen (secondary N) is 1. The smallest absolute Gasteiger partial charge is 0.305 e. The fourth-order valence-electron chi connectivity index (χ4n) is 2.83.